The number of hydrogen-bond acceptors (Lipinski definition) is 4. The van der Waals surface area contributed by atoms with E-state index in [-0.39, 0.29) is 10.7 Å². The number of rotatable bonds is 3. The summed E-state index contributed by atoms with van der Waals surface area (Å²) in [6.07, 6.45) is 0. The molecule has 2 aromatic rings. The molecule has 1 aromatic carbocycles. The van der Waals surface area contributed by atoms with E-state index in [0.29, 0.717) is 11.4 Å². The molecule has 0 bridgehead atoms. The Morgan fingerprint density at radius 2 is 1.85 bits per heavy atom. The fraction of sp³-hybridized carbons (Fsp3) is 0.308. The van der Waals surface area contributed by atoms with E-state index in [1.165, 1.54) is 4.68 Å². The van der Waals surface area contributed by atoms with E-state index in [1.54, 1.807) is 32.2 Å². The Kier molecular flexibility index (Phi) is 3.47. The number of sulfonamides is 1. The molecule has 0 saturated carbocycles. The minimum absolute atomic E-state index is 0.207. The van der Waals surface area contributed by atoms with Gasteiger partial charge in [0, 0.05) is 7.05 Å². The number of aryl methyl sites for hydroxylation is 4. The molecule has 0 saturated heterocycles. The Hall–Kier alpha value is -2.02. The molecule has 3 N–H and O–H groups in total. The minimum Gasteiger partial charge on any atom is -0.394 e. The van der Waals surface area contributed by atoms with Crippen LogP contribution < -0.4 is 10.5 Å². The predicted molar refractivity (Wildman–Crippen MR) is 79.1 cm³/mol. The van der Waals surface area contributed by atoms with Gasteiger partial charge in [-0.3, -0.25) is 4.72 Å². The van der Waals surface area contributed by atoms with Crippen LogP contribution in [-0.4, -0.2) is 18.2 Å². The predicted octanol–water partition coefficient (Wildman–Crippen LogP) is 1.73. The van der Waals surface area contributed by atoms with Gasteiger partial charge in [-0.05, 0) is 44.0 Å². The summed E-state index contributed by atoms with van der Waals surface area (Å²) in [5.74, 6) is 0.278. The number of anilines is 2. The van der Waals surface area contributed by atoms with Crippen LogP contribution >= 0.6 is 0 Å². The number of nitrogens with one attached hydrogen (secondary N) is 1. The zero-order valence-electron chi connectivity index (χ0n) is 11.9. The highest BCUT2D eigenvalue weighted by atomic mass is 32.2. The largest absolute Gasteiger partial charge is 0.394 e. The zero-order valence-corrected chi connectivity index (χ0v) is 12.7. The number of benzene rings is 1. The molecule has 20 heavy (non-hydrogen) atoms. The fourth-order valence-electron chi connectivity index (χ4n) is 1.86. The van der Waals surface area contributed by atoms with Crippen molar-refractivity contribution in [2.24, 2.45) is 7.05 Å². The normalized spacial score (nSPS) is 11.6. The van der Waals surface area contributed by atoms with Crippen LogP contribution in [0, 0.1) is 20.8 Å². The number of aromatic nitrogens is 2. The van der Waals surface area contributed by atoms with Crippen molar-refractivity contribution in [1.82, 2.24) is 9.78 Å². The van der Waals surface area contributed by atoms with E-state index in [4.69, 9.17) is 5.73 Å². The Morgan fingerprint density at radius 1 is 1.20 bits per heavy atom. The number of nitrogens with two attached hydrogens (primary N) is 1. The third-order valence-corrected chi connectivity index (χ3v) is 4.62. The Balaban J connectivity index is 2.43. The Morgan fingerprint density at radius 3 is 2.35 bits per heavy atom. The highest BCUT2D eigenvalue weighted by Gasteiger charge is 2.19. The van der Waals surface area contributed by atoms with Crippen molar-refractivity contribution in [1.29, 1.82) is 0 Å². The van der Waals surface area contributed by atoms with Gasteiger partial charge < -0.3 is 5.73 Å². The fourth-order valence-corrected chi connectivity index (χ4v) is 3.06. The van der Waals surface area contributed by atoms with Gasteiger partial charge in [0.25, 0.3) is 10.0 Å². The molecular weight excluding hydrogens is 276 g/mol. The summed E-state index contributed by atoms with van der Waals surface area (Å²) in [6, 6.07) is 4.99. The molecule has 0 aliphatic heterocycles. The van der Waals surface area contributed by atoms with Gasteiger partial charge in [0.05, 0.1) is 16.3 Å². The lowest BCUT2D eigenvalue weighted by atomic mass is 10.1. The molecule has 0 atom stereocenters. The van der Waals surface area contributed by atoms with Crippen molar-refractivity contribution in [3.8, 4) is 0 Å². The first-order valence-electron chi connectivity index (χ1n) is 6.11. The molecule has 7 heteroatoms. The lowest BCUT2D eigenvalue weighted by Crippen LogP contribution is -2.16. The lowest BCUT2D eigenvalue weighted by molar-refractivity contribution is 0.600. The summed E-state index contributed by atoms with van der Waals surface area (Å²) in [6.45, 7) is 5.53. The van der Waals surface area contributed by atoms with Crippen molar-refractivity contribution in [2.75, 3.05) is 10.5 Å². The number of nitrogens with zero attached hydrogens (tertiary/aromatic N) is 2. The van der Waals surface area contributed by atoms with E-state index in [0.717, 1.165) is 11.1 Å². The summed E-state index contributed by atoms with van der Waals surface area (Å²) in [5, 5.41) is 4.08. The first-order valence-corrected chi connectivity index (χ1v) is 7.60. The van der Waals surface area contributed by atoms with Crippen LogP contribution in [0.4, 0.5) is 11.5 Å². The molecule has 0 aliphatic carbocycles. The first-order chi connectivity index (χ1) is 9.22. The minimum atomic E-state index is -3.68. The van der Waals surface area contributed by atoms with Gasteiger partial charge in [0.1, 0.15) is 0 Å². The quantitative estimate of drug-likeness (QED) is 0.902. The molecule has 0 amide bonds. The van der Waals surface area contributed by atoms with E-state index in [2.05, 4.69) is 9.82 Å². The van der Waals surface area contributed by atoms with Crippen molar-refractivity contribution in [3.63, 3.8) is 0 Å². The average Bonchev–Trinajstić information content (AvgIpc) is 2.59. The molecule has 0 radical (unpaired) electrons. The summed E-state index contributed by atoms with van der Waals surface area (Å²) in [7, 11) is -2.03. The molecule has 108 valence electrons. The smallest absolute Gasteiger partial charge is 0.263 e. The molecular formula is C13H18N4O2S. The second-order valence-corrected chi connectivity index (χ2v) is 6.51. The van der Waals surface area contributed by atoms with Crippen LogP contribution in [0.3, 0.4) is 0 Å². The van der Waals surface area contributed by atoms with Crippen LogP contribution in [0.15, 0.2) is 23.1 Å². The van der Waals surface area contributed by atoms with Crippen molar-refractivity contribution >= 4 is 21.5 Å². The number of hydrogen-bond donors (Lipinski definition) is 2. The molecule has 0 spiro atoms. The Labute approximate surface area is 118 Å². The van der Waals surface area contributed by atoms with Crippen molar-refractivity contribution in [2.45, 2.75) is 25.7 Å². The van der Waals surface area contributed by atoms with Gasteiger partial charge in [-0.2, -0.15) is 5.10 Å². The molecule has 1 heterocycles. The highest BCUT2D eigenvalue weighted by molar-refractivity contribution is 7.92. The maximum Gasteiger partial charge on any atom is 0.263 e. The van der Waals surface area contributed by atoms with Gasteiger partial charge in [-0.15, -0.1) is 0 Å². The van der Waals surface area contributed by atoms with Crippen LogP contribution in [0.2, 0.25) is 0 Å². The van der Waals surface area contributed by atoms with Gasteiger partial charge in [-0.1, -0.05) is 6.07 Å². The highest BCUT2D eigenvalue weighted by Crippen LogP contribution is 2.24. The summed E-state index contributed by atoms with van der Waals surface area (Å²) >= 11 is 0. The topological polar surface area (TPSA) is 90.0 Å². The van der Waals surface area contributed by atoms with Crippen molar-refractivity contribution < 1.29 is 8.42 Å². The molecule has 1 aromatic heterocycles. The van der Waals surface area contributed by atoms with Gasteiger partial charge in [0.15, 0.2) is 5.82 Å². The van der Waals surface area contributed by atoms with Crippen LogP contribution in [0.25, 0.3) is 0 Å². The SMILES string of the molecule is Cc1ccc(S(=O)(=O)Nc2c(N)c(C)nn2C)cc1C. The van der Waals surface area contributed by atoms with Crippen LogP contribution in [0.5, 0.6) is 0 Å². The summed E-state index contributed by atoms with van der Waals surface area (Å²) < 4.78 is 28.6. The monoisotopic (exact) mass is 294 g/mol. The van der Waals surface area contributed by atoms with E-state index < -0.39 is 10.0 Å². The molecule has 0 fully saturated rings. The average molecular weight is 294 g/mol. The van der Waals surface area contributed by atoms with Gasteiger partial charge >= 0.3 is 0 Å². The lowest BCUT2D eigenvalue weighted by Gasteiger charge is -2.10. The molecule has 6 nitrogen and oxygen atoms in total. The summed E-state index contributed by atoms with van der Waals surface area (Å²) in [4.78, 5) is 0.207. The van der Waals surface area contributed by atoms with E-state index >= 15 is 0 Å². The van der Waals surface area contributed by atoms with Crippen LogP contribution in [-0.2, 0) is 17.1 Å². The van der Waals surface area contributed by atoms with E-state index in [9.17, 15) is 8.42 Å². The first kappa shape index (κ1) is 14.4. The third-order valence-electron chi connectivity index (χ3n) is 3.29. The Bertz CT molecular complexity index is 763. The number of nitrogen functional groups attached to an aromatic ring is 1. The zero-order chi connectivity index (χ0) is 15.1. The maximum absolute atomic E-state index is 12.4. The molecule has 2 rings (SSSR count). The maximum atomic E-state index is 12.4. The van der Waals surface area contributed by atoms with Crippen LogP contribution in [0.1, 0.15) is 16.8 Å². The molecule has 0 unspecified atom stereocenters. The molecule has 0 aliphatic rings. The summed E-state index contributed by atoms with van der Waals surface area (Å²) in [5.41, 5.74) is 8.71. The third kappa shape index (κ3) is 2.49. The van der Waals surface area contributed by atoms with Gasteiger partial charge in [-0.25, -0.2) is 13.1 Å². The van der Waals surface area contributed by atoms with Gasteiger partial charge in [0.2, 0.25) is 0 Å². The van der Waals surface area contributed by atoms with E-state index in [1.807, 2.05) is 13.8 Å². The second kappa shape index (κ2) is 4.82. The standard InChI is InChI=1S/C13H18N4O2S/c1-8-5-6-11(7-9(8)2)20(18,19)16-13-12(14)10(3)15-17(13)4/h5-7,16H,14H2,1-4H3. The van der Waals surface area contributed by atoms with Crippen molar-refractivity contribution in [3.05, 3.63) is 35.0 Å². The second-order valence-electron chi connectivity index (χ2n) is 4.82.